The van der Waals surface area contributed by atoms with Crippen molar-refractivity contribution in [3.05, 3.63) is 84.4 Å². The summed E-state index contributed by atoms with van der Waals surface area (Å²) in [5.41, 5.74) is -7.74. The van der Waals surface area contributed by atoms with Crippen molar-refractivity contribution >= 4 is 29.7 Å². The second-order valence-electron chi connectivity index (χ2n) is 14.6. The third kappa shape index (κ3) is 5.72. The Labute approximate surface area is 290 Å². The Bertz CT molecular complexity index is 1670. The normalized spacial score (nSPS) is 37.3. The molecule has 2 aromatic carbocycles. The van der Waals surface area contributed by atoms with E-state index in [0.29, 0.717) is 0 Å². The molecule has 50 heavy (non-hydrogen) atoms. The summed E-state index contributed by atoms with van der Waals surface area (Å²) in [6, 6.07) is 16.0. The molecular weight excluding hydrogens is 648 g/mol. The van der Waals surface area contributed by atoms with Crippen LogP contribution >= 0.6 is 0 Å². The van der Waals surface area contributed by atoms with E-state index in [1.165, 1.54) is 30.3 Å². The molecule has 0 unspecified atom stereocenters. The highest BCUT2D eigenvalue weighted by Gasteiger charge is 2.80. The lowest BCUT2D eigenvalue weighted by atomic mass is 9.38. The number of hydrogen-bond donors (Lipinski definition) is 3. The Balaban J connectivity index is 1.76. The van der Waals surface area contributed by atoms with Crippen LogP contribution in [0.3, 0.4) is 0 Å². The lowest BCUT2D eigenvalue weighted by molar-refractivity contribution is -0.321. The summed E-state index contributed by atoms with van der Waals surface area (Å²) in [4.78, 5) is 67.1. The Morgan fingerprint density at radius 1 is 0.780 bits per heavy atom. The highest BCUT2D eigenvalue weighted by atomic mass is 16.6. The van der Waals surface area contributed by atoms with Gasteiger partial charge in [0.25, 0.3) is 0 Å². The average Bonchev–Trinajstić information content (AvgIpc) is 3.05. The molecule has 0 saturated heterocycles. The maximum Gasteiger partial charge on any atom is 0.338 e. The standard InChI is InChI=1S/C38H44O12/c1-8-24-28(49-32(42)22-15-11-9-12-16-22)29-36(6)25(19-26(47-20(2)39)38(29,46)34(44)37(24,7)45)35(4,5)30(27(41)31(36)48-21(3)40)50-33(43)23-17-13-10-14-18-23/h8-18,24-31,41,45-46H,1,19H2,2-7H3/t24-,25-,26+,27-,28+,29+,30+,31-,36-,37-,38-/m0/s1. The van der Waals surface area contributed by atoms with Crippen molar-refractivity contribution in [3.8, 4) is 0 Å². The van der Waals surface area contributed by atoms with Crippen LogP contribution < -0.4 is 0 Å². The average molecular weight is 693 g/mol. The highest BCUT2D eigenvalue weighted by Crippen LogP contribution is 2.67. The second kappa shape index (κ2) is 13.1. The molecule has 3 aliphatic carbocycles. The molecule has 3 N–H and O–H groups in total. The summed E-state index contributed by atoms with van der Waals surface area (Å²) < 4.78 is 23.7. The van der Waals surface area contributed by atoms with E-state index < -0.39 is 100.0 Å². The fourth-order valence-electron chi connectivity index (χ4n) is 9.12. The lowest BCUT2D eigenvalue weighted by Crippen LogP contribution is -2.83. The van der Waals surface area contributed by atoms with Gasteiger partial charge in [-0.15, -0.1) is 6.58 Å². The molecule has 3 fully saturated rings. The van der Waals surface area contributed by atoms with E-state index in [-0.39, 0.29) is 17.5 Å². The topological polar surface area (TPSA) is 183 Å². The summed E-state index contributed by atoms with van der Waals surface area (Å²) in [5, 5.41) is 36.8. The van der Waals surface area contributed by atoms with E-state index in [9.17, 15) is 39.3 Å². The molecule has 3 saturated carbocycles. The SMILES string of the molecule is C=C[C@H]1[C@@H](OC(=O)c2ccccc2)[C@H]2[C@](O)(C(=O)[C@@]1(C)O)[C@H](OC(C)=O)C[C@H]1C(C)(C)[C@H](OC(=O)c3ccccc3)[C@H](O)[C@H](OC(C)=O)[C@@]12C. The van der Waals surface area contributed by atoms with Gasteiger partial charge in [-0.2, -0.15) is 0 Å². The first kappa shape index (κ1) is 36.9. The fourth-order valence-corrected chi connectivity index (χ4v) is 9.12. The zero-order valence-electron chi connectivity index (χ0n) is 28.9. The highest BCUT2D eigenvalue weighted by molar-refractivity contribution is 5.98. The molecule has 11 atom stereocenters. The number of ether oxygens (including phenoxy) is 4. The zero-order valence-corrected chi connectivity index (χ0v) is 28.9. The van der Waals surface area contributed by atoms with E-state index in [0.717, 1.165) is 20.8 Å². The van der Waals surface area contributed by atoms with Crippen molar-refractivity contribution in [3.63, 3.8) is 0 Å². The van der Waals surface area contributed by atoms with Crippen LogP contribution in [0.2, 0.25) is 0 Å². The maximum atomic E-state index is 14.5. The number of rotatable bonds is 7. The van der Waals surface area contributed by atoms with Crippen molar-refractivity contribution in [2.45, 2.75) is 89.7 Å². The predicted octanol–water partition coefficient (Wildman–Crippen LogP) is 3.21. The second-order valence-corrected chi connectivity index (χ2v) is 14.6. The van der Waals surface area contributed by atoms with Gasteiger partial charge in [0.15, 0.2) is 11.4 Å². The molecule has 5 rings (SSSR count). The molecule has 0 aromatic heterocycles. The molecule has 3 aliphatic rings. The Kier molecular flexibility index (Phi) is 9.63. The first-order valence-electron chi connectivity index (χ1n) is 16.5. The van der Waals surface area contributed by atoms with Crippen molar-refractivity contribution in [2.24, 2.45) is 28.6 Å². The van der Waals surface area contributed by atoms with Gasteiger partial charge in [-0.1, -0.05) is 63.2 Å². The van der Waals surface area contributed by atoms with Crippen LogP contribution in [0.1, 0.15) is 68.7 Å². The van der Waals surface area contributed by atoms with E-state index in [2.05, 4.69) is 6.58 Å². The number of ketones is 1. The molecular formula is C38H44O12. The molecule has 0 aliphatic heterocycles. The van der Waals surface area contributed by atoms with Gasteiger partial charge in [-0.25, -0.2) is 9.59 Å². The number of esters is 4. The van der Waals surface area contributed by atoms with Crippen molar-refractivity contribution < 1.29 is 58.2 Å². The number of Topliss-reactive ketones (excluding diaryl/α,β-unsaturated/α-hetero) is 1. The number of aliphatic hydroxyl groups is 3. The minimum absolute atomic E-state index is 0.123. The van der Waals surface area contributed by atoms with E-state index in [1.54, 1.807) is 57.2 Å². The monoisotopic (exact) mass is 692 g/mol. The molecule has 0 radical (unpaired) electrons. The predicted molar refractivity (Wildman–Crippen MR) is 176 cm³/mol. The van der Waals surface area contributed by atoms with Crippen LogP contribution in [0.4, 0.5) is 0 Å². The third-order valence-corrected chi connectivity index (χ3v) is 11.2. The Hall–Kier alpha value is -4.39. The third-order valence-electron chi connectivity index (χ3n) is 11.2. The van der Waals surface area contributed by atoms with Gasteiger partial charge in [-0.3, -0.25) is 14.4 Å². The van der Waals surface area contributed by atoms with Crippen LogP contribution in [0.5, 0.6) is 0 Å². The van der Waals surface area contributed by atoms with Crippen LogP contribution in [0.25, 0.3) is 0 Å². The molecule has 268 valence electrons. The fraction of sp³-hybridized carbons (Fsp3) is 0.500. The lowest BCUT2D eigenvalue weighted by Gasteiger charge is -2.69. The van der Waals surface area contributed by atoms with Gasteiger partial charge in [0.2, 0.25) is 0 Å². The summed E-state index contributed by atoms with van der Waals surface area (Å²) in [5.74, 6) is -8.24. The van der Waals surface area contributed by atoms with Gasteiger partial charge < -0.3 is 34.3 Å². The summed E-state index contributed by atoms with van der Waals surface area (Å²) >= 11 is 0. The van der Waals surface area contributed by atoms with Gasteiger partial charge in [-0.05, 0) is 43.5 Å². The molecule has 0 bridgehead atoms. The molecule has 12 nitrogen and oxygen atoms in total. The van der Waals surface area contributed by atoms with E-state index in [4.69, 9.17) is 18.9 Å². The molecule has 2 aromatic rings. The van der Waals surface area contributed by atoms with Crippen molar-refractivity contribution in [1.82, 2.24) is 0 Å². The van der Waals surface area contributed by atoms with E-state index in [1.807, 2.05) is 0 Å². The number of carbonyl (C=O) groups excluding carboxylic acids is 5. The molecule has 0 amide bonds. The van der Waals surface area contributed by atoms with Crippen LogP contribution in [0.15, 0.2) is 73.3 Å². The molecule has 0 spiro atoms. The molecule has 12 heteroatoms. The summed E-state index contributed by atoms with van der Waals surface area (Å²) in [7, 11) is 0. The van der Waals surface area contributed by atoms with Crippen molar-refractivity contribution in [2.75, 3.05) is 0 Å². The van der Waals surface area contributed by atoms with Gasteiger partial charge in [0.05, 0.1) is 17.0 Å². The Morgan fingerprint density at radius 3 is 1.76 bits per heavy atom. The summed E-state index contributed by atoms with van der Waals surface area (Å²) in [6.45, 7) is 12.2. The minimum atomic E-state index is -2.75. The van der Waals surface area contributed by atoms with Crippen LogP contribution in [-0.2, 0) is 33.3 Å². The number of benzene rings is 2. The van der Waals surface area contributed by atoms with Gasteiger partial charge in [0, 0.05) is 30.6 Å². The first-order valence-corrected chi connectivity index (χ1v) is 16.5. The van der Waals surface area contributed by atoms with Gasteiger partial charge in [0.1, 0.15) is 36.1 Å². The largest absolute Gasteiger partial charge is 0.459 e. The van der Waals surface area contributed by atoms with Crippen LogP contribution in [-0.4, -0.2) is 86.7 Å². The zero-order chi connectivity index (χ0) is 37.0. The number of fused-ring (bicyclic) bond motifs is 3. The maximum absolute atomic E-state index is 14.5. The number of hydrogen-bond acceptors (Lipinski definition) is 12. The smallest absolute Gasteiger partial charge is 0.338 e. The number of aliphatic hydroxyl groups excluding tert-OH is 1. The number of carbonyl (C=O) groups is 5. The van der Waals surface area contributed by atoms with Crippen LogP contribution in [0, 0.1) is 28.6 Å². The van der Waals surface area contributed by atoms with Gasteiger partial charge >= 0.3 is 23.9 Å². The quantitative estimate of drug-likeness (QED) is 0.219. The first-order chi connectivity index (χ1) is 23.3. The Morgan fingerprint density at radius 2 is 1.28 bits per heavy atom. The summed E-state index contributed by atoms with van der Waals surface area (Å²) in [6.07, 6.45) is -6.85. The minimum Gasteiger partial charge on any atom is -0.459 e. The molecule has 0 heterocycles. The van der Waals surface area contributed by atoms with E-state index >= 15 is 0 Å². The van der Waals surface area contributed by atoms with Crippen molar-refractivity contribution in [1.29, 1.82) is 0 Å².